The van der Waals surface area contributed by atoms with E-state index in [9.17, 15) is 22.8 Å². The highest BCUT2D eigenvalue weighted by atomic mass is 32.1. The van der Waals surface area contributed by atoms with E-state index in [1.807, 2.05) is 37.4 Å². The van der Waals surface area contributed by atoms with Gasteiger partial charge in [-0.05, 0) is 38.1 Å². The molecule has 2 aliphatic rings. The number of hydrogen-bond acceptors (Lipinski definition) is 8. The Kier molecular flexibility index (Phi) is 7.07. The van der Waals surface area contributed by atoms with Gasteiger partial charge >= 0.3 is 6.36 Å². The van der Waals surface area contributed by atoms with Crippen LogP contribution in [0.15, 0.2) is 48.5 Å². The van der Waals surface area contributed by atoms with Crippen LogP contribution in [0.5, 0.6) is 5.75 Å². The molecular formula is C25H25F3N6O3S. The fraction of sp³-hybridized carbons (Fsp3) is 0.360. The molecule has 1 aliphatic carbocycles. The molecule has 9 nitrogen and oxygen atoms in total. The molecule has 200 valence electrons. The van der Waals surface area contributed by atoms with Gasteiger partial charge in [0.25, 0.3) is 5.91 Å². The van der Waals surface area contributed by atoms with Crippen molar-refractivity contribution in [2.45, 2.75) is 24.7 Å². The minimum Gasteiger partial charge on any atom is -0.404 e. The third kappa shape index (κ3) is 5.79. The fourth-order valence-electron chi connectivity index (χ4n) is 4.40. The van der Waals surface area contributed by atoms with Gasteiger partial charge in [0.05, 0.1) is 5.69 Å². The molecule has 13 heteroatoms. The van der Waals surface area contributed by atoms with Gasteiger partial charge in [-0.3, -0.25) is 19.8 Å². The highest BCUT2D eigenvalue weighted by Crippen LogP contribution is 2.44. The number of hydrogen-bond donors (Lipinski definition) is 2. The molecule has 2 amide bonds. The van der Waals surface area contributed by atoms with Crippen LogP contribution >= 0.6 is 11.3 Å². The van der Waals surface area contributed by atoms with Crippen LogP contribution in [0.1, 0.15) is 23.2 Å². The second-order valence-corrected chi connectivity index (χ2v) is 10.2. The lowest BCUT2D eigenvalue weighted by atomic mass is 10.1. The summed E-state index contributed by atoms with van der Waals surface area (Å²) in [7, 11) is 2.00. The van der Waals surface area contributed by atoms with Gasteiger partial charge in [-0.25, -0.2) is 0 Å². The monoisotopic (exact) mass is 546 g/mol. The maximum Gasteiger partial charge on any atom is 0.573 e. The number of rotatable bonds is 7. The van der Waals surface area contributed by atoms with Gasteiger partial charge in [-0.1, -0.05) is 41.7 Å². The number of carbonyl (C=O) groups is 2. The van der Waals surface area contributed by atoms with Crippen LogP contribution in [-0.2, 0) is 4.79 Å². The molecule has 0 bridgehead atoms. The first-order valence-corrected chi connectivity index (χ1v) is 12.8. The van der Waals surface area contributed by atoms with Crippen LogP contribution in [0, 0.1) is 0 Å². The van der Waals surface area contributed by atoms with Crippen molar-refractivity contribution in [2.75, 3.05) is 43.9 Å². The SMILES string of the molecule is CN1CCN(C2(C(=O)Nc3cc(C(=O)Nc4nnc(-c5ccccc5)s4)ccc3OC(F)(F)F)CC2)CC1. The van der Waals surface area contributed by atoms with E-state index in [1.54, 1.807) is 0 Å². The summed E-state index contributed by atoms with van der Waals surface area (Å²) in [6.45, 7) is 2.96. The van der Waals surface area contributed by atoms with Crippen molar-refractivity contribution in [3.05, 3.63) is 54.1 Å². The molecule has 0 atom stereocenters. The van der Waals surface area contributed by atoms with Gasteiger partial charge in [0, 0.05) is 37.3 Å². The van der Waals surface area contributed by atoms with Crippen molar-refractivity contribution in [1.82, 2.24) is 20.0 Å². The summed E-state index contributed by atoms with van der Waals surface area (Å²) in [5, 5.41) is 14.1. The number of nitrogens with one attached hydrogen (secondary N) is 2. The van der Waals surface area contributed by atoms with Crippen molar-refractivity contribution < 1.29 is 27.5 Å². The molecule has 5 rings (SSSR count). The molecule has 2 fully saturated rings. The summed E-state index contributed by atoms with van der Waals surface area (Å²) >= 11 is 1.16. The third-order valence-electron chi connectivity index (χ3n) is 6.64. The van der Waals surface area contributed by atoms with Gasteiger partial charge in [-0.15, -0.1) is 23.4 Å². The molecule has 0 spiro atoms. The molecule has 0 radical (unpaired) electrons. The summed E-state index contributed by atoms with van der Waals surface area (Å²) in [5.41, 5.74) is -0.146. The number of ether oxygens (including phenoxy) is 1. The molecule has 1 aliphatic heterocycles. The number of benzene rings is 2. The number of amides is 2. The van der Waals surface area contributed by atoms with Crippen LogP contribution in [0.25, 0.3) is 10.6 Å². The molecule has 38 heavy (non-hydrogen) atoms. The Balaban J connectivity index is 1.34. The summed E-state index contributed by atoms with van der Waals surface area (Å²) in [5.74, 6) is -1.63. The van der Waals surface area contributed by atoms with Crippen molar-refractivity contribution in [1.29, 1.82) is 0 Å². The molecular weight excluding hydrogens is 521 g/mol. The lowest BCUT2D eigenvalue weighted by Gasteiger charge is -2.37. The van der Waals surface area contributed by atoms with Gasteiger partial charge in [0.15, 0.2) is 5.75 Å². The first-order chi connectivity index (χ1) is 18.1. The summed E-state index contributed by atoms with van der Waals surface area (Å²) in [6.07, 6.45) is -3.75. The molecule has 1 aromatic heterocycles. The molecule has 1 saturated carbocycles. The first kappa shape index (κ1) is 26.1. The average molecular weight is 547 g/mol. The normalized spacial score (nSPS) is 17.6. The summed E-state index contributed by atoms with van der Waals surface area (Å²) in [6, 6.07) is 12.7. The highest BCUT2D eigenvalue weighted by Gasteiger charge is 2.55. The minimum atomic E-state index is -4.97. The standard InChI is InChI=1S/C25H25F3N6O3S/c1-33-11-13-34(14-12-33)24(9-10-24)22(36)29-18-15-17(7-8-19(18)37-25(26,27)28)20(35)30-23-32-31-21(38-23)16-5-3-2-4-6-16/h2-8,15H,9-14H2,1H3,(H,29,36)(H,30,32,35). The summed E-state index contributed by atoms with van der Waals surface area (Å²) in [4.78, 5) is 30.4. The second kappa shape index (κ2) is 10.3. The Morgan fingerprint density at radius 3 is 2.37 bits per heavy atom. The van der Waals surface area contributed by atoms with Crippen molar-refractivity contribution in [3.63, 3.8) is 0 Å². The lowest BCUT2D eigenvalue weighted by molar-refractivity contribution is -0.274. The first-order valence-electron chi connectivity index (χ1n) is 12.0. The molecule has 2 heterocycles. The fourth-order valence-corrected chi connectivity index (χ4v) is 5.15. The Morgan fingerprint density at radius 2 is 1.71 bits per heavy atom. The van der Waals surface area contributed by atoms with Crippen LogP contribution in [-0.4, -0.2) is 76.9 Å². The third-order valence-corrected chi connectivity index (χ3v) is 7.52. The van der Waals surface area contributed by atoms with Gasteiger partial charge in [0.1, 0.15) is 10.5 Å². The maximum atomic E-state index is 13.3. The van der Waals surface area contributed by atoms with Gasteiger partial charge in [-0.2, -0.15) is 0 Å². The Hall–Kier alpha value is -3.55. The lowest BCUT2D eigenvalue weighted by Crippen LogP contribution is -2.54. The van der Waals surface area contributed by atoms with Crippen LogP contribution < -0.4 is 15.4 Å². The molecule has 2 aromatic carbocycles. The Labute approximate surface area is 220 Å². The maximum absolute atomic E-state index is 13.3. The quantitative estimate of drug-likeness (QED) is 0.461. The van der Waals surface area contributed by atoms with Crippen LogP contribution in [0.3, 0.4) is 0 Å². The minimum absolute atomic E-state index is 0.0238. The van der Waals surface area contributed by atoms with E-state index in [-0.39, 0.29) is 16.4 Å². The van der Waals surface area contributed by atoms with E-state index >= 15 is 0 Å². The zero-order valence-corrected chi connectivity index (χ0v) is 21.2. The van der Waals surface area contributed by atoms with E-state index in [0.29, 0.717) is 30.9 Å². The Morgan fingerprint density at radius 1 is 1.00 bits per heavy atom. The van der Waals surface area contributed by atoms with Crippen molar-refractivity contribution >= 4 is 34.0 Å². The number of alkyl halides is 3. The van der Waals surface area contributed by atoms with Crippen molar-refractivity contribution in [3.8, 4) is 16.3 Å². The number of piperazine rings is 1. The van der Waals surface area contributed by atoms with Crippen molar-refractivity contribution in [2.24, 2.45) is 0 Å². The zero-order valence-electron chi connectivity index (χ0n) is 20.4. The number of nitrogens with zero attached hydrogens (tertiary/aromatic N) is 4. The van der Waals surface area contributed by atoms with Crippen LogP contribution in [0.4, 0.5) is 24.0 Å². The van der Waals surface area contributed by atoms with Gasteiger partial charge in [0.2, 0.25) is 11.0 Å². The second-order valence-electron chi connectivity index (χ2n) is 9.27. The highest BCUT2D eigenvalue weighted by molar-refractivity contribution is 7.18. The zero-order chi connectivity index (χ0) is 26.9. The van der Waals surface area contributed by atoms with Gasteiger partial charge < -0.3 is 15.0 Å². The van der Waals surface area contributed by atoms with E-state index in [2.05, 4.69) is 35.4 Å². The van der Waals surface area contributed by atoms with E-state index in [0.717, 1.165) is 36.1 Å². The Bertz CT molecular complexity index is 1320. The number of carbonyl (C=O) groups excluding carboxylic acids is 2. The summed E-state index contributed by atoms with van der Waals surface area (Å²) < 4.78 is 43.4. The molecule has 1 saturated heterocycles. The predicted octanol–water partition coefficient (Wildman–Crippen LogP) is 4.07. The van der Waals surface area contributed by atoms with E-state index in [4.69, 9.17) is 0 Å². The number of aromatic nitrogens is 2. The molecule has 3 aromatic rings. The van der Waals surface area contributed by atoms with Crippen LogP contribution in [0.2, 0.25) is 0 Å². The largest absolute Gasteiger partial charge is 0.573 e. The molecule has 2 N–H and O–H groups in total. The predicted molar refractivity (Wildman–Crippen MR) is 136 cm³/mol. The average Bonchev–Trinajstić information content (AvgIpc) is 3.57. The van der Waals surface area contributed by atoms with E-state index < -0.39 is 29.5 Å². The molecule has 0 unspecified atom stereocenters. The topological polar surface area (TPSA) is 99.7 Å². The number of anilines is 2. The smallest absolute Gasteiger partial charge is 0.404 e. The number of likely N-dealkylation sites (N-methyl/N-ethyl adjacent to an activating group) is 1. The number of halogens is 3. The van der Waals surface area contributed by atoms with E-state index in [1.165, 1.54) is 12.1 Å².